The predicted molar refractivity (Wildman–Crippen MR) is 124 cm³/mol. The maximum Gasteiger partial charge on any atom is 0.330 e. The number of hydrogen-bond donors (Lipinski definition) is 2. The van der Waals surface area contributed by atoms with Crippen LogP contribution in [0.2, 0.25) is 0 Å². The maximum atomic E-state index is 15.0. The van der Waals surface area contributed by atoms with Crippen LogP contribution in [0.1, 0.15) is 53.1 Å². The molecule has 0 spiro atoms. The summed E-state index contributed by atoms with van der Waals surface area (Å²) in [4.78, 5) is 33.3. The predicted octanol–water partition coefficient (Wildman–Crippen LogP) is 3.18. The fourth-order valence-corrected chi connectivity index (χ4v) is 4.74. The van der Waals surface area contributed by atoms with Gasteiger partial charge in [0.2, 0.25) is 0 Å². The molecule has 3 heterocycles. The summed E-state index contributed by atoms with van der Waals surface area (Å²) in [5.74, 6) is -0.493. The number of aryl methyl sites for hydroxylation is 3. The number of amides is 2. The number of hydrogen-bond acceptors (Lipinski definition) is 6. The molecule has 10 heteroatoms. The molecule has 3 N–H and O–H groups in total. The number of nitrogens with one attached hydrogen (secondary N) is 3. The van der Waals surface area contributed by atoms with Gasteiger partial charge in [-0.05, 0) is 87.1 Å². The number of H-pyrrole nitrogens is 1. The molecule has 3 aromatic rings. The number of carbonyl (C=O) groups excluding carboxylic acids is 2. The van der Waals surface area contributed by atoms with Gasteiger partial charge in [0.25, 0.3) is 17.7 Å². The normalized spacial score (nSPS) is 16.3. The lowest BCUT2D eigenvalue weighted by molar-refractivity contribution is -0.404. The number of aromatic amines is 1. The fraction of sp³-hybridized carbons (Fsp3) is 0.440. The Bertz CT molecular complexity index is 1270. The largest absolute Gasteiger partial charge is 0.336 e. The van der Waals surface area contributed by atoms with E-state index >= 15 is 4.39 Å². The van der Waals surface area contributed by atoms with Gasteiger partial charge in [-0.3, -0.25) is 9.78 Å². The molecule has 0 radical (unpaired) electrons. The molecule has 2 fully saturated rings. The van der Waals surface area contributed by atoms with Crippen LogP contribution >= 0.6 is 0 Å². The lowest BCUT2D eigenvalue weighted by atomic mass is 9.88. The van der Waals surface area contributed by atoms with E-state index in [1.807, 2.05) is 19.9 Å². The lowest BCUT2D eigenvalue weighted by Crippen LogP contribution is -2.50. The van der Waals surface area contributed by atoms with Crippen molar-refractivity contribution in [2.45, 2.75) is 52.5 Å². The van der Waals surface area contributed by atoms with Gasteiger partial charge in [-0.1, -0.05) is 5.16 Å². The average Bonchev–Trinajstić information content (AvgIpc) is 3.75. The van der Waals surface area contributed by atoms with Gasteiger partial charge in [0, 0.05) is 23.5 Å². The molecule has 2 amide bonds. The van der Waals surface area contributed by atoms with Gasteiger partial charge in [-0.25, -0.2) is 19.7 Å². The summed E-state index contributed by atoms with van der Waals surface area (Å²) in [7, 11) is 0. The van der Waals surface area contributed by atoms with Crippen LogP contribution in [0.25, 0.3) is 11.1 Å². The van der Waals surface area contributed by atoms with Crippen LogP contribution in [0, 0.1) is 44.5 Å². The number of carbonyl (C=O) groups is 2. The number of nitrogens with zero attached hydrogens (tertiary/aromatic N) is 3. The molecular formula is C25H28FN6O3+. The Kier molecular flexibility index (Phi) is 6.04. The molecular weight excluding hydrogens is 451 g/mol. The molecule has 2 aliphatic rings. The first-order valence-electron chi connectivity index (χ1n) is 11.9. The van der Waals surface area contributed by atoms with E-state index in [2.05, 4.69) is 35.5 Å². The monoisotopic (exact) mass is 479 g/mol. The molecule has 9 nitrogen and oxygen atoms in total. The molecule has 2 aliphatic carbocycles. The van der Waals surface area contributed by atoms with Gasteiger partial charge in [0.1, 0.15) is 11.7 Å². The van der Waals surface area contributed by atoms with E-state index in [4.69, 9.17) is 0 Å². The molecule has 5 rings (SSSR count). The summed E-state index contributed by atoms with van der Waals surface area (Å²) in [5.41, 5.74) is 3.08. The third-order valence-corrected chi connectivity index (χ3v) is 6.82. The second-order valence-corrected chi connectivity index (χ2v) is 9.64. The highest BCUT2D eigenvalue weighted by Gasteiger charge is 2.49. The first kappa shape index (κ1) is 23.1. The SMILES string of the molecule is Cc1cnc(C)c(-c2ccc(NC(=O)[C@@H](NC(=O)c3nonc3C)C(C3CC3)C3CC3)[nH+]c2F)c1. The van der Waals surface area contributed by atoms with E-state index in [1.54, 1.807) is 25.3 Å². The number of halogens is 1. The molecule has 1 atom stereocenters. The van der Waals surface area contributed by atoms with E-state index in [9.17, 15) is 9.59 Å². The molecule has 35 heavy (non-hydrogen) atoms. The zero-order valence-electron chi connectivity index (χ0n) is 19.9. The first-order chi connectivity index (χ1) is 16.8. The molecule has 0 unspecified atom stereocenters. The first-order valence-corrected chi connectivity index (χ1v) is 11.9. The maximum absolute atomic E-state index is 15.0. The highest BCUT2D eigenvalue weighted by atomic mass is 19.1. The molecule has 2 saturated carbocycles. The van der Waals surface area contributed by atoms with Crippen LogP contribution in [0.5, 0.6) is 0 Å². The quantitative estimate of drug-likeness (QED) is 0.478. The Balaban J connectivity index is 1.38. The number of aromatic nitrogens is 4. The van der Waals surface area contributed by atoms with Crippen molar-refractivity contribution >= 4 is 17.6 Å². The Labute approximate surface area is 201 Å². The van der Waals surface area contributed by atoms with Crippen molar-refractivity contribution in [3.8, 4) is 11.1 Å². The zero-order valence-corrected chi connectivity index (χ0v) is 19.9. The minimum atomic E-state index is -0.780. The highest BCUT2D eigenvalue weighted by Crippen LogP contribution is 2.50. The minimum absolute atomic E-state index is 0.0178. The van der Waals surface area contributed by atoms with Gasteiger partial charge in [-0.15, -0.1) is 0 Å². The Hall–Kier alpha value is -3.69. The minimum Gasteiger partial charge on any atom is -0.336 e. The Morgan fingerprint density at radius 2 is 1.77 bits per heavy atom. The Morgan fingerprint density at radius 3 is 2.37 bits per heavy atom. The molecule has 0 aliphatic heterocycles. The van der Waals surface area contributed by atoms with E-state index in [0.29, 0.717) is 34.4 Å². The summed E-state index contributed by atoms with van der Waals surface area (Å²) in [6, 6.07) is 4.32. The van der Waals surface area contributed by atoms with Crippen LogP contribution in [0.15, 0.2) is 29.0 Å². The third-order valence-electron chi connectivity index (χ3n) is 6.82. The van der Waals surface area contributed by atoms with Crippen LogP contribution in [0.4, 0.5) is 10.2 Å². The van der Waals surface area contributed by atoms with Crippen LogP contribution in [-0.4, -0.2) is 33.2 Å². The zero-order chi connectivity index (χ0) is 24.7. The fourth-order valence-electron chi connectivity index (χ4n) is 4.74. The smallest absolute Gasteiger partial charge is 0.330 e. The van der Waals surface area contributed by atoms with Gasteiger partial charge >= 0.3 is 5.91 Å². The van der Waals surface area contributed by atoms with Gasteiger partial charge in [0.05, 0.1) is 5.56 Å². The van der Waals surface area contributed by atoms with Crippen molar-refractivity contribution in [1.29, 1.82) is 0 Å². The van der Waals surface area contributed by atoms with E-state index < -0.39 is 23.8 Å². The van der Waals surface area contributed by atoms with Gasteiger partial charge < -0.3 is 5.32 Å². The second-order valence-electron chi connectivity index (χ2n) is 9.64. The molecule has 3 aromatic heterocycles. The van der Waals surface area contributed by atoms with Crippen LogP contribution < -0.4 is 15.6 Å². The van der Waals surface area contributed by atoms with E-state index in [-0.39, 0.29) is 17.4 Å². The summed E-state index contributed by atoms with van der Waals surface area (Å²) >= 11 is 0. The van der Waals surface area contributed by atoms with Crippen LogP contribution in [0.3, 0.4) is 0 Å². The van der Waals surface area contributed by atoms with Crippen molar-refractivity contribution < 1.29 is 23.6 Å². The molecule has 182 valence electrons. The van der Waals surface area contributed by atoms with Crippen molar-refractivity contribution in [2.75, 3.05) is 5.32 Å². The summed E-state index contributed by atoms with van der Waals surface area (Å²) in [6.07, 6.45) is 5.86. The summed E-state index contributed by atoms with van der Waals surface area (Å²) in [5, 5.41) is 13.0. The van der Waals surface area contributed by atoms with Crippen molar-refractivity contribution in [1.82, 2.24) is 20.6 Å². The number of pyridine rings is 2. The van der Waals surface area contributed by atoms with Gasteiger partial charge in [-0.2, -0.15) is 4.39 Å². The Morgan fingerprint density at radius 1 is 1.06 bits per heavy atom. The summed E-state index contributed by atoms with van der Waals surface area (Å²) in [6.45, 7) is 5.33. The van der Waals surface area contributed by atoms with Crippen molar-refractivity contribution in [3.05, 3.63) is 53.0 Å². The van der Waals surface area contributed by atoms with Crippen molar-refractivity contribution in [2.24, 2.45) is 17.8 Å². The van der Waals surface area contributed by atoms with Crippen LogP contribution in [-0.2, 0) is 4.79 Å². The standard InChI is InChI=1S/C25H27FN6O3/c1-12-10-18(13(2)27-11-12)17-8-9-19(28-23(17)26)29-25(34)22(20(15-4-5-15)16-6-7-16)30-24(33)21-14(3)31-35-32-21/h8-11,15-16,20,22H,4-7H2,1-3H3,(H,30,33)(H,28,29,34)/p+1/t22-/m0/s1. The lowest BCUT2D eigenvalue weighted by Gasteiger charge is -2.25. The van der Waals surface area contributed by atoms with Gasteiger partial charge in [0.15, 0.2) is 5.69 Å². The third kappa shape index (κ3) is 4.91. The topological polar surface area (TPSA) is 124 Å². The van der Waals surface area contributed by atoms with Crippen molar-refractivity contribution in [3.63, 3.8) is 0 Å². The average molecular weight is 480 g/mol. The van der Waals surface area contributed by atoms with E-state index in [0.717, 1.165) is 31.2 Å². The second kappa shape index (κ2) is 9.16. The summed E-state index contributed by atoms with van der Waals surface area (Å²) < 4.78 is 19.7. The number of anilines is 1. The number of rotatable bonds is 8. The molecule has 0 bridgehead atoms. The van der Waals surface area contributed by atoms with E-state index in [1.165, 1.54) is 0 Å². The molecule has 0 saturated heterocycles. The highest BCUT2D eigenvalue weighted by molar-refractivity contribution is 6.00. The molecule has 0 aromatic carbocycles.